The monoisotopic (exact) mass is 331 g/mol. The molecule has 2 aromatic carbocycles. The van der Waals surface area contributed by atoms with E-state index >= 15 is 0 Å². The van der Waals surface area contributed by atoms with Crippen molar-refractivity contribution in [1.29, 1.82) is 0 Å². The molecule has 0 atom stereocenters. The summed E-state index contributed by atoms with van der Waals surface area (Å²) < 4.78 is 33.1. The third-order valence-corrected chi connectivity index (χ3v) is 4.19. The van der Waals surface area contributed by atoms with Crippen molar-refractivity contribution < 1.29 is 28.4 Å². The van der Waals surface area contributed by atoms with Crippen LogP contribution >= 0.6 is 0 Å². The molecule has 1 aromatic heterocycles. The standard InChI is InChI=1S/C17H17NO6/c1-19-10-5-8-12-9(18-13(8)17-15(10)23-7-24-17)6-11(20-2)14(21-3)16(12)22-4/h5-6,18H,7H2,1-4H3. The second kappa shape index (κ2) is 5.30. The van der Waals surface area contributed by atoms with Gasteiger partial charge in [-0.25, -0.2) is 0 Å². The lowest BCUT2D eigenvalue weighted by Gasteiger charge is -2.13. The lowest BCUT2D eigenvalue weighted by Crippen LogP contribution is -1.95. The number of ether oxygens (including phenoxy) is 6. The van der Waals surface area contributed by atoms with Gasteiger partial charge in [-0.05, 0) is 6.07 Å². The fourth-order valence-corrected chi connectivity index (χ4v) is 3.17. The number of aromatic nitrogens is 1. The Hall–Kier alpha value is -2.96. The van der Waals surface area contributed by atoms with Crippen LogP contribution in [0.5, 0.6) is 34.5 Å². The average molecular weight is 331 g/mol. The van der Waals surface area contributed by atoms with Gasteiger partial charge in [-0.2, -0.15) is 0 Å². The molecule has 0 fully saturated rings. The maximum Gasteiger partial charge on any atom is 0.231 e. The van der Waals surface area contributed by atoms with Crippen molar-refractivity contribution in [2.45, 2.75) is 0 Å². The van der Waals surface area contributed by atoms with E-state index in [1.807, 2.05) is 12.1 Å². The predicted octanol–water partition coefficient (Wildman–Crippen LogP) is 3.08. The summed E-state index contributed by atoms with van der Waals surface area (Å²) >= 11 is 0. The summed E-state index contributed by atoms with van der Waals surface area (Å²) in [5, 5.41) is 1.76. The minimum atomic E-state index is 0.157. The summed E-state index contributed by atoms with van der Waals surface area (Å²) in [7, 11) is 6.36. The second-order valence-electron chi connectivity index (χ2n) is 5.26. The molecule has 0 spiro atoms. The van der Waals surface area contributed by atoms with Gasteiger partial charge in [0, 0.05) is 11.5 Å². The van der Waals surface area contributed by atoms with Gasteiger partial charge in [-0.1, -0.05) is 0 Å². The molecule has 1 aliphatic rings. The lowest BCUT2D eigenvalue weighted by molar-refractivity contribution is 0.172. The summed E-state index contributed by atoms with van der Waals surface area (Å²) in [6.07, 6.45) is 0. The number of nitrogens with one attached hydrogen (secondary N) is 1. The zero-order chi connectivity index (χ0) is 16.8. The van der Waals surface area contributed by atoms with Crippen LogP contribution in [0.2, 0.25) is 0 Å². The topological polar surface area (TPSA) is 71.2 Å². The van der Waals surface area contributed by atoms with Crippen LogP contribution in [0.15, 0.2) is 12.1 Å². The van der Waals surface area contributed by atoms with Gasteiger partial charge in [-0.15, -0.1) is 0 Å². The van der Waals surface area contributed by atoms with E-state index in [1.165, 1.54) is 0 Å². The fraction of sp³-hybridized carbons (Fsp3) is 0.294. The number of rotatable bonds is 4. The predicted molar refractivity (Wildman–Crippen MR) is 88.1 cm³/mol. The van der Waals surface area contributed by atoms with Crippen molar-refractivity contribution in [2.75, 3.05) is 35.2 Å². The summed E-state index contributed by atoms with van der Waals surface area (Å²) in [5.74, 6) is 3.51. The van der Waals surface area contributed by atoms with Gasteiger partial charge in [0.2, 0.25) is 18.3 Å². The van der Waals surface area contributed by atoms with E-state index in [9.17, 15) is 0 Å². The van der Waals surface area contributed by atoms with Crippen LogP contribution in [0, 0.1) is 0 Å². The number of hydrogen-bond donors (Lipinski definition) is 1. The van der Waals surface area contributed by atoms with Crippen LogP contribution in [0.4, 0.5) is 0 Å². The Morgan fingerprint density at radius 2 is 1.54 bits per heavy atom. The van der Waals surface area contributed by atoms with Crippen molar-refractivity contribution in [3.63, 3.8) is 0 Å². The zero-order valence-electron chi connectivity index (χ0n) is 13.8. The number of methoxy groups -OCH3 is 4. The normalized spacial score (nSPS) is 12.7. The molecule has 24 heavy (non-hydrogen) atoms. The van der Waals surface area contributed by atoms with Crippen LogP contribution in [-0.2, 0) is 0 Å². The minimum absolute atomic E-state index is 0.157. The van der Waals surface area contributed by atoms with Crippen LogP contribution < -0.4 is 28.4 Å². The van der Waals surface area contributed by atoms with Gasteiger partial charge in [0.05, 0.1) is 44.9 Å². The van der Waals surface area contributed by atoms with Crippen molar-refractivity contribution in [1.82, 2.24) is 4.98 Å². The fourth-order valence-electron chi connectivity index (χ4n) is 3.17. The van der Waals surface area contributed by atoms with Crippen LogP contribution in [0.1, 0.15) is 0 Å². The number of aromatic amines is 1. The smallest absolute Gasteiger partial charge is 0.231 e. The lowest BCUT2D eigenvalue weighted by atomic mass is 10.1. The summed E-state index contributed by atoms with van der Waals surface area (Å²) in [4.78, 5) is 3.35. The SMILES string of the molecule is COc1cc2c([nH]c3cc(OC)c(OC)c(OC)c32)c2c1OCO2. The first-order valence-corrected chi connectivity index (χ1v) is 7.34. The van der Waals surface area contributed by atoms with Gasteiger partial charge in [0.15, 0.2) is 23.0 Å². The molecule has 126 valence electrons. The summed E-state index contributed by atoms with van der Waals surface area (Å²) in [6.45, 7) is 0.157. The Kier molecular flexibility index (Phi) is 3.23. The first-order chi connectivity index (χ1) is 11.7. The first-order valence-electron chi connectivity index (χ1n) is 7.34. The minimum Gasteiger partial charge on any atom is -0.493 e. The molecule has 0 saturated heterocycles. The maximum atomic E-state index is 5.63. The Morgan fingerprint density at radius 3 is 2.21 bits per heavy atom. The Balaban J connectivity index is 2.18. The van der Waals surface area contributed by atoms with Gasteiger partial charge in [0.1, 0.15) is 0 Å². The highest BCUT2D eigenvalue weighted by Crippen LogP contribution is 2.52. The number of fused-ring (bicyclic) bond motifs is 5. The molecule has 0 amide bonds. The van der Waals surface area contributed by atoms with Gasteiger partial charge in [0.25, 0.3) is 0 Å². The molecule has 7 heteroatoms. The number of H-pyrrole nitrogens is 1. The molecule has 3 aromatic rings. The molecule has 1 aliphatic heterocycles. The second-order valence-corrected chi connectivity index (χ2v) is 5.26. The molecule has 0 saturated carbocycles. The van der Waals surface area contributed by atoms with E-state index in [-0.39, 0.29) is 6.79 Å². The van der Waals surface area contributed by atoms with Gasteiger partial charge in [-0.3, -0.25) is 0 Å². The molecule has 7 nitrogen and oxygen atoms in total. The van der Waals surface area contributed by atoms with Gasteiger partial charge >= 0.3 is 0 Å². The largest absolute Gasteiger partial charge is 0.493 e. The van der Waals surface area contributed by atoms with Crippen molar-refractivity contribution in [3.8, 4) is 34.5 Å². The van der Waals surface area contributed by atoms with Crippen molar-refractivity contribution in [2.24, 2.45) is 0 Å². The summed E-state index contributed by atoms with van der Waals surface area (Å²) in [6, 6.07) is 3.77. The molecular weight excluding hydrogens is 314 g/mol. The van der Waals surface area contributed by atoms with Crippen molar-refractivity contribution >= 4 is 21.8 Å². The van der Waals surface area contributed by atoms with E-state index < -0.39 is 0 Å². The Labute approximate surface area is 138 Å². The quantitative estimate of drug-likeness (QED) is 0.792. The van der Waals surface area contributed by atoms with Crippen LogP contribution in [-0.4, -0.2) is 40.2 Å². The molecule has 0 unspecified atom stereocenters. The van der Waals surface area contributed by atoms with Crippen LogP contribution in [0.3, 0.4) is 0 Å². The first kappa shape index (κ1) is 14.6. The Morgan fingerprint density at radius 1 is 0.833 bits per heavy atom. The maximum absolute atomic E-state index is 5.63. The summed E-state index contributed by atoms with van der Waals surface area (Å²) in [5.41, 5.74) is 1.65. The molecule has 1 N–H and O–H groups in total. The zero-order valence-corrected chi connectivity index (χ0v) is 13.8. The number of hydrogen-bond acceptors (Lipinski definition) is 6. The van der Waals surface area contributed by atoms with E-state index in [0.29, 0.717) is 34.5 Å². The molecule has 0 bridgehead atoms. The Bertz CT molecular complexity index is 946. The van der Waals surface area contributed by atoms with E-state index in [4.69, 9.17) is 28.4 Å². The van der Waals surface area contributed by atoms with E-state index in [0.717, 1.165) is 21.8 Å². The molecule has 0 aliphatic carbocycles. The average Bonchev–Trinajstić information content (AvgIpc) is 3.23. The molecule has 4 rings (SSSR count). The highest BCUT2D eigenvalue weighted by Gasteiger charge is 2.27. The third kappa shape index (κ3) is 1.78. The molecule has 0 radical (unpaired) electrons. The number of benzene rings is 2. The highest BCUT2D eigenvalue weighted by molar-refractivity contribution is 6.15. The molecule has 2 heterocycles. The van der Waals surface area contributed by atoms with E-state index in [2.05, 4.69) is 4.98 Å². The van der Waals surface area contributed by atoms with Gasteiger partial charge < -0.3 is 33.4 Å². The van der Waals surface area contributed by atoms with Crippen molar-refractivity contribution in [3.05, 3.63) is 12.1 Å². The van der Waals surface area contributed by atoms with E-state index in [1.54, 1.807) is 28.4 Å². The van der Waals surface area contributed by atoms with Crippen LogP contribution in [0.25, 0.3) is 21.8 Å². The molecular formula is C17H17NO6. The highest BCUT2D eigenvalue weighted by atomic mass is 16.7. The third-order valence-electron chi connectivity index (χ3n) is 4.19.